The summed E-state index contributed by atoms with van der Waals surface area (Å²) in [4.78, 5) is 17.1. The zero-order valence-corrected chi connectivity index (χ0v) is 19.8. The molecule has 0 aromatic heterocycles. The van der Waals surface area contributed by atoms with E-state index in [1.807, 2.05) is 19.2 Å². The first-order valence-electron chi connectivity index (χ1n) is 10.5. The molecular weight excluding hydrogens is 394 g/mol. The van der Waals surface area contributed by atoms with Gasteiger partial charge in [0, 0.05) is 20.4 Å². The molecule has 2 aromatic carbocycles. The fraction of sp³-hybridized carbons (Fsp3) is 0.458. The molecule has 0 spiro atoms. The lowest BCUT2D eigenvalue weighted by atomic mass is 10.1. The van der Waals surface area contributed by atoms with Crippen molar-refractivity contribution in [3.05, 3.63) is 60.7 Å². The minimum Gasteiger partial charge on any atom is -0.434 e. The summed E-state index contributed by atoms with van der Waals surface area (Å²) in [5, 5.41) is 4.16. The van der Waals surface area contributed by atoms with Gasteiger partial charge in [0.05, 0.1) is 12.1 Å². The Labute approximate surface area is 181 Å². The van der Waals surface area contributed by atoms with E-state index in [-0.39, 0.29) is 23.2 Å². The highest BCUT2D eigenvalue weighted by atomic mass is 28.4. The van der Waals surface area contributed by atoms with Crippen LogP contribution in [0.15, 0.2) is 60.7 Å². The summed E-state index contributed by atoms with van der Waals surface area (Å²) in [6.45, 7) is 10.3. The van der Waals surface area contributed by atoms with Crippen LogP contribution in [0, 0.1) is 0 Å². The second kappa shape index (κ2) is 9.02. The fourth-order valence-corrected chi connectivity index (χ4v) is 9.17. The van der Waals surface area contributed by atoms with Crippen molar-refractivity contribution in [3.63, 3.8) is 0 Å². The molecule has 0 aliphatic carbocycles. The van der Waals surface area contributed by atoms with Crippen molar-refractivity contribution in [1.29, 1.82) is 0 Å². The van der Waals surface area contributed by atoms with E-state index in [0.29, 0.717) is 6.42 Å². The maximum absolute atomic E-state index is 11.4. The normalized spacial score (nSPS) is 21.4. The molecule has 162 valence electrons. The average Bonchev–Trinajstić information content (AvgIpc) is 3.05. The molecule has 0 amide bonds. The van der Waals surface area contributed by atoms with Crippen LogP contribution >= 0.6 is 0 Å². The third-order valence-electron chi connectivity index (χ3n) is 5.80. The van der Waals surface area contributed by atoms with Crippen LogP contribution in [0.1, 0.15) is 41.0 Å². The number of hydroxylamine groups is 2. The van der Waals surface area contributed by atoms with Crippen LogP contribution < -0.4 is 10.4 Å². The van der Waals surface area contributed by atoms with Crippen LogP contribution in [0.25, 0.3) is 0 Å². The van der Waals surface area contributed by atoms with Gasteiger partial charge in [-0.25, -0.2) is 0 Å². The lowest BCUT2D eigenvalue weighted by Crippen LogP contribution is -2.68. The Morgan fingerprint density at radius 3 is 2.00 bits per heavy atom. The van der Waals surface area contributed by atoms with Crippen molar-refractivity contribution in [2.75, 3.05) is 7.05 Å². The monoisotopic (exact) mass is 427 g/mol. The molecule has 1 fully saturated rings. The summed E-state index contributed by atoms with van der Waals surface area (Å²) in [6, 6.07) is 21.2. The van der Waals surface area contributed by atoms with E-state index >= 15 is 0 Å². The van der Waals surface area contributed by atoms with Gasteiger partial charge in [-0.3, -0.25) is 9.63 Å². The highest BCUT2D eigenvalue weighted by molar-refractivity contribution is 6.99. The summed E-state index contributed by atoms with van der Waals surface area (Å²) in [7, 11) is -0.779. The Hall–Kier alpha value is -1.99. The van der Waals surface area contributed by atoms with Crippen molar-refractivity contribution in [3.8, 4) is 0 Å². The van der Waals surface area contributed by atoms with E-state index in [0.717, 1.165) is 0 Å². The van der Waals surface area contributed by atoms with Crippen molar-refractivity contribution in [2.24, 2.45) is 0 Å². The number of rotatable bonds is 6. The van der Waals surface area contributed by atoms with E-state index in [4.69, 9.17) is 14.0 Å². The third-order valence-corrected chi connectivity index (χ3v) is 10.9. The molecular formula is C24H33NO4Si. The van der Waals surface area contributed by atoms with Gasteiger partial charge in [0.15, 0.2) is 0 Å². The van der Waals surface area contributed by atoms with E-state index in [1.54, 1.807) is 5.06 Å². The van der Waals surface area contributed by atoms with Gasteiger partial charge in [-0.2, -0.15) is 5.06 Å². The molecule has 0 radical (unpaired) electrons. The van der Waals surface area contributed by atoms with Gasteiger partial charge in [-0.15, -0.1) is 0 Å². The van der Waals surface area contributed by atoms with Crippen LogP contribution in [0.2, 0.25) is 5.04 Å². The first-order valence-corrected chi connectivity index (χ1v) is 12.4. The Balaban J connectivity index is 2.00. The van der Waals surface area contributed by atoms with Gasteiger partial charge in [0.2, 0.25) is 6.29 Å². The number of carbonyl (C=O) groups excluding carboxylic acids is 1. The molecule has 6 heteroatoms. The molecule has 0 unspecified atom stereocenters. The second-order valence-electron chi connectivity index (χ2n) is 8.98. The van der Waals surface area contributed by atoms with E-state index < -0.39 is 14.6 Å². The fourth-order valence-electron chi connectivity index (χ4n) is 4.44. The molecule has 1 heterocycles. The maximum Gasteiger partial charge on any atom is 0.304 e. The first-order chi connectivity index (χ1) is 14.1. The summed E-state index contributed by atoms with van der Waals surface area (Å²) in [5.41, 5.74) is 0. The SMILES string of the molecule is CC(=O)O[C@H]1C[C@@H]([C@H](C)O[Si](c2ccccc2)(c2ccccc2)C(C)(C)C)N(C)O1. The van der Waals surface area contributed by atoms with Crippen LogP contribution in [-0.2, 0) is 18.8 Å². The molecule has 0 N–H and O–H groups in total. The van der Waals surface area contributed by atoms with Crippen molar-refractivity contribution in [2.45, 2.75) is 64.5 Å². The van der Waals surface area contributed by atoms with Gasteiger partial charge < -0.3 is 9.16 Å². The summed E-state index contributed by atoms with van der Waals surface area (Å²) in [5.74, 6) is -0.338. The van der Waals surface area contributed by atoms with Gasteiger partial charge in [0.1, 0.15) is 0 Å². The maximum atomic E-state index is 11.4. The van der Waals surface area contributed by atoms with Gasteiger partial charge in [-0.1, -0.05) is 81.4 Å². The summed E-state index contributed by atoms with van der Waals surface area (Å²) >= 11 is 0. The van der Waals surface area contributed by atoms with Crippen LogP contribution in [0.5, 0.6) is 0 Å². The second-order valence-corrected chi connectivity index (χ2v) is 13.2. The quantitative estimate of drug-likeness (QED) is 0.522. The van der Waals surface area contributed by atoms with Crippen molar-refractivity contribution >= 4 is 24.7 Å². The Kier molecular flexibility index (Phi) is 6.82. The lowest BCUT2D eigenvalue weighted by molar-refractivity contribution is -0.228. The Morgan fingerprint density at radius 1 is 1.07 bits per heavy atom. The number of nitrogens with zero attached hydrogens (tertiary/aromatic N) is 1. The molecule has 3 rings (SSSR count). The zero-order chi connectivity index (χ0) is 21.9. The first kappa shape index (κ1) is 22.7. The standard InChI is InChI=1S/C24H33NO4Si/c1-18(22-17-23(27-19(2)26)28-25(22)6)29-30(24(3,4)5,20-13-9-7-10-14-20)21-15-11-8-12-16-21/h7-16,18,22-23H,17H2,1-6H3/t18-,22-,23+/m0/s1. The minimum atomic E-state index is -2.65. The zero-order valence-electron chi connectivity index (χ0n) is 18.8. The van der Waals surface area contributed by atoms with E-state index in [2.05, 4.69) is 76.2 Å². The summed E-state index contributed by atoms with van der Waals surface area (Å²) < 4.78 is 12.4. The number of ether oxygens (including phenoxy) is 1. The molecule has 30 heavy (non-hydrogen) atoms. The van der Waals surface area contributed by atoms with Crippen molar-refractivity contribution < 1.29 is 18.8 Å². The van der Waals surface area contributed by atoms with Gasteiger partial charge in [-0.05, 0) is 22.3 Å². The minimum absolute atomic E-state index is 0.0176. The largest absolute Gasteiger partial charge is 0.434 e. The van der Waals surface area contributed by atoms with Crippen LogP contribution in [-0.4, -0.2) is 44.8 Å². The number of likely N-dealkylation sites (N-methyl/N-ethyl adjacent to an activating group) is 1. The molecule has 3 atom stereocenters. The lowest BCUT2D eigenvalue weighted by Gasteiger charge is -2.45. The Morgan fingerprint density at radius 2 is 1.57 bits per heavy atom. The molecule has 1 saturated heterocycles. The van der Waals surface area contributed by atoms with E-state index in [9.17, 15) is 4.79 Å². The number of benzene rings is 2. The topological polar surface area (TPSA) is 48.0 Å². The molecule has 2 aromatic rings. The number of hydrogen-bond acceptors (Lipinski definition) is 5. The number of hydrogen-bond donors (Lipinski definition) is 0. The smallest absolute Gasteiger partial charge is 0.304 e. The summed E-state index contributed by atoms with van der Waals surface area (Å²) in [6.07, 6.45) is -0.111. The van der Waals surface area contributed by atoms with Gasteiger partial charge >= 0.3 is 5.97 Å². The molecule has 0 bridgehead atoms. The van der Waals surface area contributed by atoms with Crippen LogP contribution in [0.3, 0.4) is 0 Å². The molecule has 1 aliphatic heterocycles. The predicted molar refractivity (Wildman–Crippen MR) is 121 cm³/mol. The Bertz CT molecular complexity index is 798. The molecule has 5 nitrogen and oxygen atoms in total. The highest BCUT2D eigenvalue weighted by Gasteiger charge is 2.52. The molecule has 0 saturated carbocycles. The number of carbonyl (C=O) groups is 1. The highest BCUT2D eigenvalue weighted by Crippen LogP contribution is 2.39. The van der Waals surface area contributed by atoms with Crippen molar-refractivity contribution in [1.82, 2.24) is 5.06 Å². The van der Waals surface area contributed by atoms with E-state index in [1.165, 1.54) is 17.3 Å². The third kappa shape index (κ3) is 4.52. The van der Waals surface area contributed by atoms with Gasteiger partial charge in [0.25, 0.3) is 8.32 Å². The average molecular weight is 428 g/mol. The molecule has 1 aliphatic rings. The number of esters is 1. The van der Waals surface area contributed by atoms with Crippen LogP contribution in [0.4, 0.5) is 0 Å². The predicted octanol–water partition coefficient (Wildman–Crippen LogP) is 3.48.